The largest absolute Gasteiger partial charge is 0.508 e. The molecule has 0 aliphatic rings. The fourth-order valence-corrected chi connectivity index (χ4v) is 1.76. The number of phenolic OH excluding ortho intramolecular Hbond substituents is 1. The summed E-state index contributed by atoms with van der Waals surface area (Å²) in [5.41, 5.74) is 6.27. The fourth-order valence-electron chi connectivity index (χ4n) is 1.76. The second-order valence-electron chi connectivity index (χ2n) is 4.61. The molecule has 0 aliphatic heterocycles. The molecule has 0 aliphatic carbocycles. The molecule has 2 atom stereocenters. The van der Waals surface area contributed by atoms with Gasteiger partial charge in [0.1, 0.15) is 5.75 Å². The maximum Gasteiger partial charge on any atom is 0.234 e. The van der Waals surface area contributed by atoms with Crippen LogP contribution in [0, 0.1) is 5.92 Å². The van der Waals surface area contributed by atoms with Crippen LogP contribution in [0.15, 0.2) is 24.3 Å². The number of nitrogens with two attached hydrogens (primary N) is 1. The number of benzene rings is 1. The molecule has 17 heavy (non-hydrogen) atoms. The zero-order chi connectivity index (χ0) is 13.0. The van der Waals surface area contributed by atoms with Crippen LogP contribution in [0.1, 0.15) is 32.4 Å². The van der Waals surface area contributed by atoms with Crippen LogP contribution in [0.5, 0.6) is 5.75 Å². The van der Waals surface area contributed by atoms with E-state index < -0.39 is 0 Å². The molecule has 0 saturated carbocycles. The summed E-state index contributed by atoms with van der Waals surface area (Å²) in [6.07, 6.45) is 0. The van der Waals surface area contributed by atoms with E-state index in [4.69, 9.17) is 5.73 Å². The zero-order valence-corrected chi connectivity index (χ0v) is 10.5. The third-order valence-corrected chi connectivity index (χ3v) is 2.77. The van der Waals surface area contributed by atoms with Gasteiger partial charge in [-0.15, -0.1) is 0 Å². The Bertz CT molecular complexity index is 391. The van der Waals surface area contributed by atoms with Gasteiger partial charge >= 0.3 is 0 Å². The van der Waals surface area contributed by atoms with E-state index >= 15 is 0 Å². The summed E-state index contributed by atoms with van der Waals surface area (Å²) < 4.78 is 0. The first-order chi connectivity index (χ1) is 7.91. The smallest absolute Gasteiger partial charge is 0.234 e. The lowest BCUT2D eigenvalue weighted by Crippen LogP contribution is -2.45. The quantitative estimate of drug-likeness (QED) is 0.726. The Morgan fingerprint density at radius 1 is 1.35 bits per heavy atom. The molecule has 0 fully saturated rings. The lowest BCUT2D eigenvalue weighted by atomic mass is 10.0. The Morgan fingerprint density at radius 3 is 2.47 bits per heavy atom. The first kappa shape index (κ1) is 13.5. The summed E-state index contributed by atoms with van der Waals surface area (Å²) in [4.78, 5) is 11.3. The molecule has 2 unspecified atom stereocenters. The standard InChI is InChI=1S/C13H20N2O2/c1-8(2)12(13(14)17)15-9(3)10-5-4-6-11(16)7-10/h4-9,12,15-16H,1-3H3,(H2,14,17). The van der Waals surface area contributed by atoms with Crippen LogP contribution in [0.4, 0.5) is 0 Å². The van der Waals surface area contributed by atoms with E-state index in [1.54, 1.807) is 18.2 Å². The molecule has 1 rings (SSSR count). The minimum atomic E-state index is -0.368. The molecule has 0 bridgehead atoms. The fraction of sp³-hybridized carbons (Fsp3) is 0.462. The molecule has 0 saturated heterocycles. The number of nitrogens with one attached hydrogen (secondary N) is 1. The van der Waals surface area contributed by atoms with Crippen LogP contribution >= 0.6 is 0 Å². The summed E-state index contributed by atoms with van der Waals surface area (Å²) in [6, 6.07) is 6.56. The number of rotatable bonds is 5. The van der Waals surface area contributed by atoms with E-state index in [9.17, 15) is 9.90 Å². The number of primary amides is 1. The van der Waals surface area contributed by atoms with E-state index in [-0.39, 0.29) is 29.7 Å². The maximum atomic E-state index is 11.3. The van der Waals surface area contributed by atoms with Gasteiger partial charge in [0.25, 0.3) is 0 Å². The van der Waals surface area contributed by atoms with Crippen LogP contribution in [0.2, 0.25) is 0 Å². The second kappa shape index (κ2) is 5.68. The van der Waals surface area contributed by atoms with E-state index in [1.807, 2.05) is 26.8 Å². The molecule has 0 heterocycles. The van der Waals surface area contributed by atoms with Gasteiger partial charge in [-0.2, -0.15) is 0 Å². The van der Waals surface area contributed by atoms with Gasteiger partial charge in [0.05, 0.1) is 6.04 Å². The lowest BCUT2D eigenvalue weighted by Gasteiger charge is -2.24. The minimum absolute atomic E-state index is 0.0398. The maximum absolute atomic E-state index is 11.3. The average molecular weight is 236 g/mol. The molecular weight excluding hydrogens is 216 g/mol. The van der Waals surface area contributed by atoms with Crippen molar-refractivity contribution in [3.8, 4) is 5.75 Å². The van der Waals surface area contributed by atoms with Gasteiger partial charge in [-0.3, -0.25) is 10.1 Å². The van der Waals surface area contributed by atoms with Crippen LogP contribution in [0.3, 0.4) is 0 Å². The van der Waals surface area contributed by atoms with E-state index in [2.05, 4.69) is 5.32 Å². The van der Waals surface area contributed by atoms with Crippen LogP contribution in [-0.2, 0) is 4.79 Å². The summed E-state index contributed by atoms with van der Waals surface area (Å²) in [5.74, 6) is -0.00409. The highest BCUT2D eigenvalue weighted by molar-refractivity contribution is 5.80. The van der Waals surface area contributed by atoms with Gasteiger partial charge in [-0.25, -0.2) is 0 Å². The first-order valence-corrected chi connectivity index (χ1v) is 5.76. The Hall–Kier alpha value is -1.55. The highest BCUT2D eigenvalue weighted by Crippen LogP contribution is 2.19. The van der Waals surface area contributed by atoms with Crippen LogP contribution < -0.4 is 11.1 Å². The molecule has 1 amide bonds. The number of carbonyl (C=O) groups is 1. The number of hydrogen-bond acceptors (Lipinski definition) is 3. The molecule has 4 N–H and O–H groups in total. The molecular formula is C13H20N2O2. The van der Waals surface area contributed by atoms with Crippen molar-refractivity contribution in [3.05, 3.63) is 29.8 Å². The SMILES string of the molecule is CC(NC(C(N)=O)C(C)C)c1cccc(O)c1. The van der Waals surface area contributed by atoms with Crippen molar-refractivity contribution >= 4 is 5.91 Å². The normalized spacial score (nSPS) is 14.6. The van der Waals surface area contributed by atoms with E-state index in [0.29, 0.717) is 0 Å². The van der Waals surface area contributed by atoms with Crippen molar-refractivity contribution in [2.45, 2.75) is 32.9 Å². The van der Waals surface area contributed by atoms with E-state index in [1.165, 1.54) is 0 Å². The second-order valence-corrected chi connectivity index (χ2v) is 4.61. The van der Waals surface area contributed by atoms with Crippen molar-refractivity contribution in [1.29, 1.82) is 0 Å². The molecule has 4 nitrogen and oxygen atoms in total. The van der Waals surface area contributed by atoms with Crippen molar-refractivity contribution in [1.82, 2.24) is 5.32 Å². The highest BCUT2D eigenvalue weighted by Gasteiger charge is 2.21. The van der Waals surface area contributed by atoms with Crippen molar-refractivity contribution in [3.63, 3.8) is 0 Å². The van der Waals surface area contributed by atoms with Crippen LogP contribution in [0.25, 0.3) is 0 Å². The summed E-state index contributed by atoms with van der Waals surface area (Å²) in [7, 11) is 0. The summed E-state index contributed by atoms with van der Waals surface area (Å²) in [6.45, 7) is 5.82. The van der Waals surface area contributed by atoms with Gasteiger partial charge in [-0.1, -0.05) is 26.0 Å². The number of phenols is 1. The third kappa shape index (κ3) is 3.75. The Balaban J connectivity index is 2.77. The molecule has 94 valence electrons. The van der Waals surface area contributed by atoms with Crippen molar-refractivity contribution < 1.29 is 9.90 Å². The van der Waals surface area contributed by atoms with Gasteiger partial charge in [-0.05, 0) is 30.5 Å². The molecule has 1 aromatic carbocycles. The van der Waals surface area contributed by atoms with Gasteiger partial charge < -0.3 is 10.8 Å². The Labute approximate surface area is 102 Å². The van der Waals surface area contributed by atoms with E-state index in [0.717, 1.165) is 5.56 Å². The number of amides is 1. The third-order valence-electron chi connectivity index (χ3n) is 2.77. The Morgan fingerprint density at radius 2 is 2.00 bits per heavy atom. The van der Waals surface area contributed by atoms with Crippen LogP contribution in [-0.4, -0.2) is 17.1 Å². The lowest BCUT2D eigenvalue weighted by molar-refractivity contribution is -0.121. The van der Waals surface area contributed by atoms with Gasteiger partial charge in [0, 0.05) is 6.04 Å². The van der Waals surface area contributed by atoms with Gasteiger partial charge in [0.15, 0.2) is 0 Å². The molecule has 0 aromatic heterocycles. The first-order valence-electron chi connectivity index (χ1n) is 5.76. The summed E-state index contributed by atoms with van der Waals surface area (Å²) in [5, 5.41) is 12.6. The highest BCUT2D eigenvalue weighted by atomic mass is 16.3. The monoisotopic (exact) mass is 236 g/mol. The summed E-state index contributed by atoms with van der Waals surface area (Å²) >= 11 is 0. The molecule has 4 heteroatoms. The number of carbonyl (C=O) groups excluding carboxylic acids is 1. The predicted molar refractivity (Wildman–Crippen MR) is 67.5 cm³/mol. The molecule has 0 radical (unpaired) electrons. The molecule has 0 spiro atoms. The van der Waals surface area contributed by atoms with Crippen molar-refractivity contribution in [2.75, 3.05) is 0 Å². The average Bonchev–Trinajstić information content (AvgIpc) is 2.24. The Kier molecular flexibility index (Phi) is 4.52. The topological polar surface area (TPSA) is 75.3 Å². The minimum Gasteiger partial charge on any atom is -0.508 e. The molecule has 1 aromatic rings. The van der Waals surface area contributed by atoms with Crippen molar-refractivity contribution in [2.24, 2.45) is 11.7 Å². The predicted octanol–water partition coefficient (Wildman–Crippen LogP) is 1.55. The zero-order valence-electron chi connectivity index (χ0n) is 10.5. The number of hydrogen-bond donors (Lipinski definition) is 3. The van der Waals surface area contributed by atoms with Gasteiger partial charge in [0.2, 0.25) is 5.91 Å². The number of aromatic hydroxyl groups is 1.